The Hall–Kier alpha value is -0.610. The van der Waals surface area contributed by atoms with Gasteiger partial charge in [0.15, 0.2) is 0 Å². The summed E-state index contributed by atoms with van der Waals surface area (Å²) >= 11 is 0. The van der Waals surface area contributed by atoms with E-state index in [1.54, 1.807) is 0 Å². The molecule has 1 aliphatic heterocycles. The molecule has 0 aromatic heterocycles. The van der Waals surface area contributed by atoms with Gasteiger partial charge in [-0.2, -0.15) is 0 Å². The van der Waals surface area contributed by atoms with Gasteiger partial charge in [-0.1, -0.05) is 27.7 Å². The van der Waals surface area contributed by atoms with E-state index in [0.29, 0.717) is 5.92 Å². The van der Waals surface area contributed by atoms with E-state index in [1.807, 2.05) is 25.7 Å². The lowest BCUT2D eigenvalue weighted by atomic mass is 9.94. The van der Waals surface area contributed by atoms with Crippen LogP contribution in [-0.2, 0) is 4.79 Å². The standard InChI is InChI=1S/C14H29N3O/c1-12(10-15)11-16-6-5-7-17(9-8-16)13(18)14(2,3)4/h12H,5-11,15H2,1-4H3. The van der Waals surface area contributed by atoms with Crippen LogP contribution in [0.2, 0.25) is 0 Å². The van der Waals surface area contributed by atoms with Crippen molar-refractivity contribution in [2.75, 3.05) is 39.3 Å². The van der Waals surface area contributed by atoms with Crippen LogP contribution in [0.3, 0.4) is 0 Å². The van der Waals surface area contributed by atoms with Crippen molar-refractivity contribution < 1.29 is 4.79 Å². The predicted octanol–water partition coefficient (Wildman–Crippen LogP) is 1.16. The average molecular weight is 255 g/mol. The second-order valence-electron chi connectivity index (χ2n) is 6.54. The molecule has 4 nitrogen and oxygen atoms in total. The van der Waals surface area contributed by atoms with Gasteiger partial charge in [-0.15, -0.1) is 0 Å². The third-order valence-electron chi connectivity index (χ3n) is 3.49. The zero-order valence-electron chi connectivity index (χ0n) is 12.4. The topological polar surface area (TPSA) is 49.6 Å². The fourth-order valence-corrected chi connectivity index (χ4v) is 2.35. The number of hydrogen-bond donors (Lipinski definition) is 1. The Kier molecular flexibility index (Phi) is 5.60. The number of nitrogens with zero attached hydrogens (tertiary/aromatic N) is 2. The maximum Gasteiger partial charge on any atom is 0.227 e. The average Bonchev–Trinajstić information content (AvgIpc) is 2.52. The van der Waals surface area contributed by atoms with Gasteiger partial charge < -0.3 is 15.5 Å². The van der Waals surface area contributed by atoms with Gasteiger partial charge in [0.05, 0.1) is 0 Å². The van der Waals surface area contributed by atoms with E-state index in [9.17, 15) is 4.79 Å². The first-order valence-electron chi connectivity index (χ1n) is 7.06. The van der Waals surface area contributed by atoms with Crippen LogP contribution in [0.25, 0.3) is 0 Å². The van der Waals surface area contributed by atoms with Gasteiger partial charge in [0, 0.05) is 31.6 Å². The Balaban J connectivity index is 2.49. The molecule has 1 heterocycles. The van der Waals surface area contributed by atoms with Crippen molar-refractivity contribution in [3.05, 3.63) is 0 Å². The van der Waals surface area contributed by atoms with Gasteiger partial charge in [0.2, 0.25) is 5.91 Å². The number of rotatable bonds is 3. The van der Waals surface area contributed by atoms with Crippen molar-refractivity contribution in [2.45, 2.75) is 34.1 Å². The molecular weight excluding hydrogens is 226 g/mol. The molecule has 1 rings (SSSR count). The third-order valence-corrected chi connectivity index (χ3v) is 3.49. The normalized spacial score (nSPS) is 20.6. The molecule has 1 unspecified atom stereocenters. The van der Waals surface area contributed by atoms with Gasteiger partial charge in [-0.3, -0.25) is 4.79 Å². The maximum absolute atomic E-state index is 12.2. The summed E-state index contributed by atoms with van der Waals surface area (Å²) in [7, 11) is 0. The van der Waals surface area contributed by atoms with Gasteiger partial charge >= 0.3 is 0 Å². The second-order valence-corrected chi connectivity index (χ2v) is 6.54. The highest BCUT2D eigenvalue weighted by molar-refractivity contribution is 5.81. The molecular formula is C14H29N3O. The lowest BCUT2D eigenvalue weighted by Crippen LogP contribution is -2.42. The molecule has 1 aliphatic rings. The minimum atomic E-state index is -0.264. The molecule has 0 bridgehead atoms. The Bertz CT molecular complexity index is 273. The molecule has 0 radical (unpaired) electrons. The predicted molar refractivity (Wildman–Crippen MR) is 75.3 cm³/mol. The monoisotopic (exact) mass is 255 g/mol. The van der Waals surface area contributed by atoms with E-state index in [-0.39, 0.29) is 11.3 Å². The van der Waals surface area contributed by atoms with Crippen LogP contribution in [0.1, 0.15) is 34.1 Å². The molecule has 1 saturated heterocycles. The molecule has 4 heteroatoms. The van der Waals surface area contributed by atoms with Crippen molar-refractivity contribution >= 4 is 5.91 Å². The van der Waals surface area contributed by atoms with Crippen LogP contribution in [0, 0.1) is 11.3 Å². The van der Waals surface area contributed by atoms with E-state index >= 15 is 0 Å². The zero-order chi connectivity index (χ0) is 13.8. The summed E-state index contributed by atoms with van der Waals surface area (Å²) in [6.45, 7) is 13.8. The highest BCUT2D eigenvalue weighted by atomic mass is 16.2. The van der Waals surface area contributed by atoms with Crippen molar-refractivity contribution in [3.63, 3.8) is 0 Å². The number of carbonyl (C=O) groups is 1. The molecule has 18 heavy (non-hydrogen) atoms. The summed E-state index contributed by atoms with van der Waals surface area (Å²) < 4.78 is 0. The van der Waals surface area contributed by atoms with E-state index in [1.165, 1.54) is 0 Å². The van der Waals surface area contributed by atoms with Gasteiger partial charge in [0.25, 0.3) is 0 Å². The van der Waals surface area contributed by atoms with Crippen molar-refractivity contribution in [1.29, 1.82) is 0 Å². The van der Waals surface area contributed by atoms with Crippen LogP contribution in [0.15, 0.2) is 0 Å². The van der Waals surface area contributed by atoms with E-state index in [0.717, 1.165) is 45.7 Å². The largest absolute Gasteiger partial charge is 0.341 e. The summed E-state index contributed by atoms with van der Waals surface area (Å²) in [6, 6.07) is 0. The molecule has 1 atom stereocenters. The summed E-state index contributed by atoms with van der Waals surface area (Å²) in [4.78, 5) is 16.7. The molecule has 106 valence electrons. The minimum absolute atomic E-state index is 0.264. The van der Waals surface area contributed by atoms with Gasteiger partial charge in [0.1, 0.15) is 0 Å². The Morgan fingerprint density at radius 3 is 2.44 bits per heavy atom. The van der Waals surface area contributed by atoms with Crippen molar-refractivity contribution in [2.24, 2.45) is 17.1 Å². The lowest BCUT2D eigenvalue weighted by Gasteiger charge is -2.28. The Morgan fingerprint density at radius 1 is 1.22 bits per heavy atom. The minimum Gasteiger partial charge on any atom is -0.341 e. The van der Waals surface area contributed by atoms with Crippen LogP contribution in [0.4, 0.5) is 0 Å². The van der Waals surface area contributed by atoms with Crippen molar-refractivity contribution in [1.82, 2.24) is 9.80 Å². The van der Waals surface area contributed by atoms with Gasteiger partial charge in [-0.25, -0.2) is 0 Å². The van der Waals surface area contributed by atoms with Gasteiger partial charge in [-0.05, 0) is 25.4 Å². The zero-order valence-corrected chi connectivity index (χ0v) is 12.4. The van der Waals surface area contributed by atoms with Crippen LogP contribution >= 0.6 is 0 Å². The summed E-state index contributed by atoms with van der Waals surface area (Å²) in [5.41, 5.74) is 5.41. The third kappa shape index (κ3) is 4.58. The van der Waals surface area contributed by atoms with Crippen LogP contribution in [0.5, 0.6) is 0 Å². The fraction of sp³-hybridized carbons (Fsp3) is 0.929. The first kappa shape index (κ1) is 15.4. The first-order chi connectivity index (χ1) is 8.34. The molecule has 0 aromatic carbocycles. The highest BCUT2D eigenvalue weighted by Gasteiger charge is 2.28. The first-order valence-corrected chi connectivity index (χ1v) is 7.06. The molecule has 2 N–H and O–H groups in total. The lowest BCUT2D eigenvalue weighted by molar-refractivity contribution is -0.139. The quantitative estimate of drug-likeness (QED) is 0.823. The summed E-state index contributed by atoms with van der Waals surface area (Å²) in [5.74, 6) is 0.811. The Labute approximate surface area is 111 Å². The van der Waals surface area contributed by atoms with Crippen LogP contribution in [-0.4, -0.2) is 55.0 Å². The summed E-state index contributed by atoms with van der Waals surface area (Å²) in [5, 5.41) is 0. The van der Waals surface area contributed by atoms with E-state index in [2.05, 4.69) is 11.8 Å². The molecule has 0 spiro atoms. The van der Waals surface area contributed by atoms with Crippen molar-refractivity contribution in [3.8, 4) is 0 Å². The Morgan fingerprint density at radius 2 is 1.89 bits per heavy atom. The fourth-order valence-electron chi connectivity index (χ4n) is 2.35. The number of carbonyl (C=O) groups excluding carboxylic acids is 1. The van der Waals surface area contributed by atoms with E-state index < -0.39 is 0 Å². The highest BCUT2D eigenvalue weighted by Crippen LogP contribution is 2.18. The summed E-state index contributed by atoms with van der Waals surface area (Å²) in [6.07, 6.45) is 1.07. The SMILES string of the molecule is CC(CN)CN1CCCN(C(=O)C(C)(C)C)CC1. The maximum atomic E-state index is 12.2. The smallest absolute Gasteiger partial charge is 0.227 e. The molecule has 0 aromatic rings. The van der Waals surface area contributed by atoms with Crippen LogP contribution < -0.4 is 5.73 Å². The molecule has 0 aliphatic carbocycles. The number of amides is 1. The number of hydrogen-bond acceptors (Lipinski definition) is 3. The van der Waals surface area contributed by atoms with E-state index in [4.69, 9.17) is 5.73 Å². The second kappa shape index (κ2) is 6.53. The molecule has 1 amide bonds. The number of nitrogens with two attached hydrogens (primary N) is 1. The molecule has 0 saturated carbocycles. The molecule has 1 fully saturated rings.